The SMILES string of the molecule is CC(CCc1ccco1)NC(=O)c1cc2ccc(Br)cc2[nH]1. The molecule has 5 heteroatoms. The minimum Gasteiger partial charge on any atom is -0.469 e. The first-order valence-corrected chi connectivity index (χ1v) is 8.02. The third-order valence-electron chi connectivity index (χ3n) is 3.61. The Morgan fingerprint density at radius 2 is 2.23 bits per heavy atom. The van der Waals surface area contributed by atoms with E-state index in [0.717, 1.165) is 34.0 Å². The fraction of sp³-hybridized carbons (Fsp3) is 0.235. The molecule has 0 aliphatic rings. The Kier molecular flexibility index (Phi) is 4.34. The van der Waals surface area contributed by atoms with E-state index in [4.69, 9.17) is 4.42 Å². The highest BCUT2D eigenvalue weighted by Crippen LogP contribution is 2.20. The number of hydrogen-bond donors (Lipinski definition) is 2. The molecule has 0 saturated carbocycles. The first kappa shape index (κ1) is 14.9. The number of carbonyl (C=O) groups excluding carboxylic acids is 1. The lowest BCUT2D eigenvalue weighted by Crippen LogP contribution is -2.33. The Balaban J connectivity index is 1.62. The first-order chi connectivity index (χ1) is 10.6. The average molecular weight is 361 g/mol. The highest BCUT2D eigenvalue weighted by atomic mass is 79.9. The Morgan fingerprint density at radius 1 is 1.36 bits per heavy atom. The van der Waals surface area contributed by atoms with Gasteiger partial charge in [0.1, 0.15) is 11.5 Å². The van der Waals surface area contributed by atoms with Crippen molar-refractivity contribution >= 4 is 32.7 Å². The molecule has 4 nitrogen and oxygen atoms in total. The fourth-order valence-corrected chi connectivity index (χ4v) is 2.77. The van der Waals surface area contributed by atoms with Crippen LogP contribution in [-0.2, 0) is 6.42 Å². The topological polar surface area (TPSA) is 58.0 Å². The second kappa shape index (κ2) is 6.40. The minimum atomic E-state index is -0.0840. The van der Waals surface area contributed by atoms with Gasteiger partial charge in [-0.1, -0.05) is 22.0 Å². The van der Waals surface area contributed by atoms with Crippen LogP contribution in [-0.4, -0.2) is 16.9 Å². The Bertz CT molecular complexity index is 777. The van der Waals surface area contributed by atoms with E-state index in [9.17, 15) is 4.79 Å². The van der Waals surface area contributed by atoms with Crippen LogP contribution >= 0.6 is 15.9 Å². The molecule has 22 heavy (non-hydrogen) atoms. The molecule has 1 atom stereocenters. The number of benzene rings is 1. The zero-order chi connectivity index (χ0) is 15.5. The molecular formula is C17H17BrN2O2. The second-order valence-corrected chi connectivity index (χ2v) is 6.32. The van der Waals surface area contributed by atoms with Crippen molar-refractivity contribution in [3.05, 3.63) is 58.6 Å². The van der Waals surface area contributed by atoms with Crippen LogP contribution in [0.4, 0.5) is 0 Å². The maximum Gasteiger partial charge on any atom is 0.267 e. The summed E-state index contributed by atoms with van der Waals surface area (Å²) in [6.45, 7) is 2.00. The number of furan rings is 1. The van der Waals surface area contributed by atoms with Crippen molar-refractivity contribution in [1.29, 1.82) is 0 Å². The molecule has 0 fully saturated rings. The number of hydrogen-bond acceptors (Lipinski definition) is 2. The van der Waals surface area contributed by atoms with Gasteiger partial charge in [0.15, 0.2) is 0 Å². The van der Waals surface area contributed by atoms with Crippen molar-refractivity contribution in [2.45, 2.75) is 25.8 Å². The van der Waals surface area contributed by atoms with E-state index in [1.807, 2.05) is 43.3 Å². The molecule has 2 aromatic heterocycles. The zero-order valence-corrected chi connectivity index (χ0v) is 13.8. The van der Waals surface area contributed by atoms with Crippen molar-refractivity contribution in [3.8, 4) is 0 Å². The third-order valence-corrected chi connectivity index (χ3v) is 4.10. The molecule has 0 saturated heterocycles. The highest BCUT2D eigenvalue weighted by molar-refractivity contribution is 9.10. The number of rotatable bonds is 5. The lowest BCUT2D eigenvalue weighted by Gasteiger charge is -2.12. The highest BCUT2D eigenvalue weighted by Gasteiger charge is 2.13. The number of aromatic amines is 1. The van der Waals surface area contributed by atoms with Gasteiger partial charge in [-0.15, -0.1) is 0 Å². The van der Waals surface area contributed by atoms with Crippen LogP contribution in [0.15, 0.2) is 51.6 Å². The van der Waals surface area contributed by atoms with Crippen LogP contribution in [0.1, 0.15) is 29.6 Å². The Hall–Kier alpha value is -2.01. The van der Waals surface area contributed by atoms with Gasteiger partial charge in [-0.3, -0.25) is 4.79 Å². The van der Waals surface area contributed by atoms with E-state index in [2.05, 4.69) is 26.2 Å². The first-order valence-electron chi connectivity index (χ1n) is 7.23. The summed E-state index contributed by atoms with van der Waals surface area (Å²) in [5.41, 5.74) is 1.53. The summed E-state index contributed by atoms with van der Waals surface area (Å²) in [5, 5.41) is 4.04. The molecule has 0 radical (unpaired) electrons. The summed E-state index contributed by atoms with van der Waals surface area (Å²) in [6.07, 6.45) is 3.32. The van der Waals surface area contributed by atoms with Crippen molar-refractivity contribution in [1.82, 2.24) is 10.3 Å². The number of amides is 1. The normalized spacial score (nSPS) is 12.5. The van der Waals surface area contributed by atoms with E-state index in [1.165, 1.54) is 0 Å². The maximum absolute atomic E-state index is 12.3. The molecular weight excluding hydrogens is 344 g/mol. The standard InChI is InChI=1S/C17H17BrN2O2/c1-11(4-7-14-3-2-8-22-14)19-17(21)16-9-12-5-6-13(18)10-15(12)20-16/h2-3,5-6,8-11,20H,4,7H2,1H3,(H,19,21). The summed E-state index contributed by atoms with van der Waals surface area (Å²) >= 11 is 3.43. The molecule has 0 bridgehead atoms. The van der Waals surface area contributed by atoms with Gasteiger partial charge in [-0.2, -0.15) is 0 Å². The number of halogens is 1. The van der Waals surface area contributed by atoms with Crippen molar-refractivity contribution < 1.29 is 9.21 Å². The Labute approximate surface area is 137 Å². The number of aryl methyl sites for hydroxylation is 1. The van der Waals surface area contributed by atoms with Crippen LogP contribution in [0.5, 0.6) is 0 Å². The quantitative estimate of drug-likeness (QED) is 0.713. The van der Waals surface area contributed by atoms with E-state index in [0.29, 0.717) is 5.69 Å². The summed E-state index contributed by atoms with van der Waals surface area (Å²) < 4.78 is 6.29. The Morgan fingerprint density at radius 3 is 3.00 bits per heavy atom. The zero-order valence-electron chi connectivity index (χ0n) is 12.2. The van der Waals surface area contributed by atoms with Gasteiger partial charge in [0, 0.05) is 27.8 Å². The summed E-state index contributed by atoms with van der Waals surface area (Å²) in [7, 11) is 0. The lowest BCUT2D eigenvalue weighted by atomic mass is 10.1. The smallest absolute Gasteiger partial charge is 0.267 e. The maximum atomic E-state index is 12.3. The van der Waals surface area contributed by atoms with Crippen LogP contribution in [0.25, 0.3) is 10.9 Å². The molecule has 1 aromatic carbocycles. The number of nitrogens with one attached hydrogen (secondary N) is 2. The summed E-state index contributed by atoms with van der Waals surface area (Å²) in [5.74, 6) is 0.857. The van der Waals surface area contributed by atoms with Gasteiger partial charge in [0.2, 0.25) is 0 Å². The molecule has 3 aromatic rings. The van der Waals surface area contributed by atoms with Gasteiger partial charge < -0.3 is 14.7 Å². The van der Waals surface area contributed by atoms with Crippen LogP contribution in [0.3, 0.4) is 0 Å². The minimum absolute atomic E-state index is 0.0794. The predicted octanol–water partition coefficient (Wildman–Crippen LogP) is 4.27. The van der Waals surface area contributed by atoms with E-state index >= 15 is 0 Å². The van der Waals surface area contributed by atoms with Crippen LogP contribution in [0, 0.1) is 0 Å². The molecule has 0 aliphatic heterocycles. The average Bonchev–Trinajstić information content (AvgIpc) is 3.13. The lowest BCUT2D eigenvalue weighted by molar-refractivity contribution is 0.0934. The fourth-order valence-electron chi connectivity index (χ4n) is 2.41. The van der Waals surface area contributed by atoms with Gasteiger partial charge in [-0.25, -0.2) is 0 Å². The number of H-pyrrole nitrogens is 1. The van der Waals surface area contributed by atoms with Crippen molar-refractivity contribution in [2.75, 3.05) is 0 Å². The van der Waals surface area contributed by atoms with Crippen molar-refractivity contribution in [3.63, 3.8) is 0 Å². The van der Waals surface area contributed by atoms with E-state index in [1.54, 1.807) is 6.26 Å². The molecule has 2 heterocycles. The monoisotopic (exact) mass is 360 g/mol. The number of fused-ring (bicyclic) bond motifs is 1. The van der Waals surface area contributed by atoms with Gasteiger partial charge in [-0.05, 0) is 43.7 Å². The van der Waals surface area contributed by atoms with Gasteiger partial charge in [0.05, 0.1) is 6.26 Å². The number of aromatic nitrogens is 1. The summed E-state index contributed by atoms with van der Waals surface area (Å²) in [4.78, 5) is 15.4. The molecule has 3 rings (SSSR count). The van der Waals surface area contributed by atoms with Crippen LogP contribution < -0.4 is 5.32 Å². The van der Waals surface area contributed by atoms with Crippen LogP contribution in [0.2, 0.25) is 0 Å². The molecule has 2 N–H and O–H groups in total. The molecule has 114 valence electrons. The molecule has 1 amide bonds. The molecule has 1 unspecified atom stereocenters. The van der Waals surface area contributed by atoms with E-state index < -0.39 is 0 Å². The third kappa shape index (κ3) is 3.42. The summed E-state index contributed by atoms with van der Waals surface area (Å²) in [6, 6.07) is 11.7. The van der Waals surface area contributed by atoms with E-state index in [-0.39, 0.29) is 11.9 Å². The second-order valence-electron chi connectivity index (χ2n) is 5.41. The molecule has 0 spiro atoms. The molecule has 0 aliphatic carbocycles. The largest absolute Gasteiger partial charge is 0.469 e. The van der Waals surface area contributed by atoms with Gasteiger partial charge in [0.25, 0.3) is 5.91 Å². The predicted molar refractivity (Wildman–Crippen MR) is 90.0 cm³/mol. The van der Waals surface area contributed by atoms with Gasteiger partial charge >= 0.3 is 0 Å². The van der Waals surface area contributed by atoms with Crippen molar-refractivity contribution in [2.24, 2.45) is 0 Å². The number of carbonyl (C=O) groups is 1.